The third-order valence-corrected chi connectivity index (χ3v) is 12.9. The Labute approximate surface area is 496 Å². The molecule has 2 aliphatic heterocycles. The van der Waals surface area contributed by atoms with Gasteiger partial charge in [-0.1, -0.05) is 19.3 Å². The zero-order valence-electron chi connectivity index (χ0n) is 50.7. The largest absolute Gasteiger partial charge is 0.463 e. The highest BCUT2D eigenvalue weighted by atomic mass is 16.7. The zero-order chi connectivity index (χ0) is 63.3. The van der Waals surface area contributed by atoms with Crippen LogP contribution in [0.5, 0.6) is 0 Å². The van der Waals surface area contributed by atoms with Crippen LogP contribution >= 0.6 is 0 Å². The topological polar surface area (TPSA) is 379 Å². The first-order chi connectivity index (χ1) is 40.4. The molecule has 0 spiro atoms. The van der Waals surface area contributed by atoms with Crippen LogP contribution in [0.2, 0.25) is 0 Å². The van der Waals surface area contributed by atoms with Gasteiger partial charge in [0.05, 0.1) is 0 Å². The Morgan fingerprint density at radius 2 is 0.800 bits per heavy atom. The number of amides is 6. The average Bonchev–Trinajstić information content (AvgIpc) is 2.06. The molecule has 29 heteroatoms. The van der Waals surface area contributed by atoms with Gasteiger partial charge in [0.25, 0.3) is 0 Å². The van der Waals surface area contributed by atoms with Gasteiger partial charge in [0, 0.05) is 121 Å². The van der Waals surface area contributed by atoms with Crippen LogP contribution in [0.15, 0.2) is 0 Å². The second-order valence-electron chi connectivity index (χ2n) is 20.6. The van der Waals surface area contributed by atoms with Crippen LogP contribution < -0.4 is 31.9 Å². The number of carbonyl (C=O) groups is 12. The number of hydrogen-bond acceptors (Lipinski definition) is 23. The fourth-order valence-electron chi connectivity index (χ4n) is 9.17. The molecule has 6 amide bonds. The van der Waals surface area contributed by atoms with Crippen molar-refractivity contribution in [1.82, 2.24) is 31.9 Å². The average molecular weight is 1220 g/mol. The molecule has 6 N–H and O–H groups in total. The van der Waals surface area contributed by atoms with Gasteiger partial charge in [-0.2, -0.15) is 0 Å². The Bertz CT molecular complexity index is 2150. The van der Waals surface area contributed by atoms with Crippen molar-refractivity contribution in [3.63, 3.8) is 0 Å². The summed E-state index contributed by atoms with van der Waals surface area (Å²) in [5.74, 6) is -6.29. The quantitative estimate of drug-likeness (QED) is 0.0283. The maximum atomic E-state index is 13.5. The minimum Gasteiger partial charge on any atom is -0.463 e. The number of carbonyl (C=O) groups excluding carboxylic acids is 12. The first kappa shape index (κ1) is 74.5. The Morgan fingerprint density at radius 1 is 0.412 bits per heavy atom. The smallest absolute Gasteiger partial charge is 0.303 e. The van der Waals surface area contributed by atoms with E-state index in [0.29, 0.717) is 110 Å². The van der Waals surface area contributed by atoms with Crippen LogP contribution in [0.25, 0.3) is 0 Å². The molecule has 0 aromatic carbocycles. The third kappa shape index (κ3) is 32.5. The minimum absolute atomic E-state index is 0.0502. The molecule has 2 fully saturated rings. The molecule has 484 valence electrons. The van der Waals surface area contributed by atoms with Crippen molar-refractivity contribution in [2.75, 3.05) is 59.8 Å². The van der Waals surface area contributed by atoms with Gasteiger partial charge in [0.15, 0.2) is 37.0 Å². The van der Waals surface area contributed by atoms with E-state index in [-0.39, 0.29) is 69.3 Å². The van der Waals surface area contributed by atoms with Crippen LogP contribution in [0.4, 0.5) is 0 Å². The summed E-state index contributed by atoms with van der Waals surface area (Å²) in [7, 11) is 1.59. The van der Waals surface area contributed by atoms with Crippen molar-refractivity contribution in [2.45, 2.75) is 225 Å². The number of nitrogens with one attached hydrogen (secondary N) is 6. The van der Waals surface area contributed by atoms with Gasteiger partial charge in [0.1, 0.15) is 43.5 Å². The second-order valence-corrected chi connectivity index (χ2v) is 20.6. The first-order valence-corrected chi connectivity index (χ1v) is 29.1. The molecular formula is C56H92N6O23. The van der Waals surface area contributed by atoms with Crippen molar-refractivity contribution >= 4 is 71.3 Å². The molecule has 85 heavy (non-hydrogen) atoms. The molecule has 2 aliphatic rings. The van der Waals surface area contributed by atoms with E-state index >= 15 is 0 Å². The summed E-state index contributed by atoms with van der Waals surface area (Å²) in [6.07, 6.45) is -2.49. The molecule has 0 aromatic heterocycles. The van der Waals surface area contributed by atoms with Gasteiger partial charge < -0.3 is 84.0 Å². The lowest BCUT2D eigenvalue weighted by molar-refractivity contribution is -0.277. The monoisotopic (exact) mass is 1220 g/mol. The van der Waals surface area contributed by atoms with Crippen LogP contribution in [-0.2, 0) is 110 Å². The van der Waals surface area contributed by atoms with Crippen molar-refractivity contribution in [2.24, 2.45) is 0 Å². The molecule has 2 heterocycles. The lowest BCUT2D eigenvalue weighted by atomic mass is 9.96. The lowest BCUT2D eigenvalue weighted by Crippen LogP contribution is -2.66. The standard InChI is InChI=1S/C56H92N6O23/c1-34(63)60-48-52(82-40(7)69)50(80-38(5)67)43(32-78-36(3)65)84-55(48)76-30-19-11-14-24-45(71)57-26-18-16-22-42(54(74)59-27-17-10-13-23-46(72)58-28-21-29-75-9)62-47(73)25-15-12-20-31-77-56-49(61-35(2)64)53(83-41(8)70)51(81-39(6)68)44(85-56)33-79-37(4)66/h42-44,48-53,55-56H,10-33H2,1-9H3,(H,57,71)(H,58,72)(H,59,74)(H,60,63)(H,61,64)(H,62,73)/t42-,43?,44?,48?,49?,50?,51?,52?,53?,55?,56?/m0/s1. The SMILES string of the molecule is COCCCNC(=O)CCCCCNC(=O)[C@H](CCCCNC(=O)CCCCCOC1OC(COC(C)=O)C(OC(C)=O)C(OC(C)=O)C1NC(C)=O)NC(=O)CCCCCOC1OC(COC(C)=O)C(OC(C)=O)C(OC(C)=O)C1NC(C)=O. The molecule has 0 bridgehead atoms. The van der Waals surface area contributed by atoms with Crippen LogP contribution in [0.1, 0.15) is 158 Å². The normalized spacial score (nSPS) is 22.0. The van der Waals surface area contributed by atoms with Crippen molar-refractivity contribution < 1.29 is 110 Å². The van der Waals surface area contributed by atoms with Crippen LogP contribution in [-0.4, -0.2) is 198 Å². The van der Waals surface area contributed by atoms with E-state index in [1.54, 1.807) is 7.11 Å². The van der Waals surface area contributed by atoms with E-state index in [1.165, 1.54) is 27.7 Å². The summed E-state index contributed by atoms with van der Waals surface area (Å²) >= 11 is 0. The van der Waals surface area contributed by atoms with Gasteiger partial charge in [-0.05, 0) is 64.2 Å². The summed E-state index contributed by atoms with van der Waals surface area (Å²) in [5, 5.41) is 16.8. The number of rotatable bonds is 41. The predicted octanol–water partition coefficient (Wildman–Crippen LogP) is 1.05. The molecule has 0 aliphatic carbocycles. The third-order valence-electron chi connectivity index (χ3n) is 12.9. The van der Waals surface area contributed by atoms with Gasteiger partial charge in [0.2, 0.25) is 35.4 Å². The maximum absolute atomic E-state index is 13.5. The number of hydrogen-bond donors (Lipinski definition) is 6. The summed E-state index contributed by atoms with van der Waals surface area (Å²) in [6, 6.07) is -3.12. The van der Waals surface area contributed by atoms with Crippen molar-refractivity contribution in [3.05, 3.63) is 0 Å². The van der Waals surface area contributed by atoms with E-state index in [0.717, 1.165) is 27.7 Å². The highest BCUT2D eigenvalue weighted by molar-refractivity contribution is 5.87. The molecule has 2 saturated heterocycles. The summed E-state index contributed by atoms with van der Waals surface area (Å²) in [4.78, 5) is 148. The van der Waals surface area contributed by atoms with Crippen LogP contribution in [0.3, 0.4) is 0 Å². The van der Waals surface area contributed by atoms with Crippen LogP contribution in [0, 0.1) is 0 Å². The Kier molecular flexibility index (Phi) is 37.1. The highest BCUT2D eigenvalue weighted by Crippen LogP contribution is 2.30. The molecule has 11 atom stereocenters. The molecule has 0 aromatic rings. The van der Waals surface area contributed by atoms with Gasteiger partial charge in [-0.25, -0.2) is 0 Å². The number of methoxy groups -OCH3 is 1. The van der Waals surface area contributed by atoms with Gasteiger partial charge in [-0.3, -0.25) is 57.5 Å². The molecule has 29 nitrogen and oxygen atoms in total. The number of ether oxygens (including phenoxy) is 11. The molecular weight excluding hydrogens is 1120 g/mol. The minimum atomic E-state index is -1.28. The zero-order valence-corrected chi connectivity index (χ0v) is 50.7. The van der Waals surface area contributed by atoms with E-state index in [4.69, 9.17) is 52.1 Å². The summed E-state index contributed by atoms with van der Waals surface area (Å²) in [6.45, 7) is 10.5. The lowest BCUT2D eigenvalue weighted by Gasteiger charge is -2.44. The second kappa shape index (κ2) is 42.3. The van der Waals surface area contributed by atoms with E-state index in [1.807, 2.05) is 0 Å². The Hall–Kier alpha value is -6.56. The van der Waals surface area contributed by atoms with E-state index in [2.05, 4.69) is 31.9 Å². The summed E-state index contributed by atoms with van der Waals surface area (Å²) in [5.41, 5.74) is 0. The fourth-order valence-corrected chi connectivity index (χ4v) is 9.17. The van der Waals surface area contributed by atoms with Crippen molar-refractivity contribution in [3.8, 4) is 0 Å². The first-order valence-electron chi connectivity index (χ1n) is 29.1. The van der Waals surface area contributed by atoms with Crippen molar-refractivity contribution in [1.29, 1.82) is 0 Å². The molecule has 0 saturated carbocycles. The highest BCUT2D eigenvalue weighted by Gasteiger charge is 2.53. The number of unbranched alkanes of at least 4 members (excludes halogenated alkanes) is 7. The molecule has 10 unspecified atom stereocenters. The Morgan fingerprint density at radius 3 is 1.21 bits per heavy atom. The molecule has 0 radical (unpaired) electrons. The predicted molar refractivity (Wildman–Crippen MR) is 297 cm³/mol. The summed E-state index contributed by atoms with van der Waals surface area (Å²) < 4.78 is 61.2. The van der Waals surface area contributed by atoms with E-state index in [9.17, 15) is 57.5 Å². The van der Waals surface area contributed by atoms with Gasteiger partial charge >= 0.3 is 35.8 Å². The Balaban J connectivity index is 1.96. The molecule has 2 rings (SSSR count). The van der Waals surface area contributed by atoms with E-state index < -0.39 is 115 Å². The van der Waals surface area contributed by atoms with Gasteiger partial charge in [-0.15, -0.1) is 0 Å². The fraction of sp³-hybridized carbons (Fsp3) is 0.786. The number of esters is 6. The maximum Gasteiger partial charge on any atom is 0.303 e.